The Labute approximate surface area is 189 Å². The van der Waals surface area contributed by atoms with Gasteiger partial charge in [0.15, 0.2) is 5.75 Å². The second-order valence-electron chi connectivity index (χ2n) is 7.55. The van der Waals surface area contributed by atoms with Crippen LogP contribution in [0.4, 0.5) is 11.4 Å². The minimum absolute atomic E-state index is 0.126. The molecule has 0 spiro atoms. The molecule has 10 nitrogen and oxygen atoms in total. The molecule has 0 radical (unpaired) electrons. The van der Waals surface area contributed by atoms with Crippen LogP contribution in [0.3, 0.4) is 0 Å². The summed E-state index contributed by atoms with van der Waals surface area (Å²) in [6.45, 7) is 3.55. The van der Waals surface area contributed by atoms with E-state index < -0.39 is 28.1 Å². The molecule has 0 aliphatic carbocycles. The first kappa shape index (κ1) is 23.5. The molecule has 0 saturated carbocycles. The number of rotatable bonds is 8. The monoisotopic (exact) mass is 452 g/mol. The highest BCUT2D eigenvalue weighted by atomic mass is 16.6. The van der Waals surface area contributed by atoms with Crippen LogP contribution in [-0.4, -0.2) is 32.5 Å². The van der Waals surface area contributed by atoms with E-state index in [9.17, 15) is 24.8 Å². The summed E-state index contributed by atoms with van der Waals surface area (Å²) in [6.07, 6.45) is 1.61. The number of hydrogen-bond acceptors (Lipinski definition) is 7. The van der Waals surface area contributed by atoms with Crippen LogP contribution in [0.1, 0.15) is 31.0 Å². The van der Waals surface area contributed by atoms with E-state index in [-0.39, 0.29) is 29.2 Å². The lowest BCUT2D eigenvalue weighted by atomic mass is 10.1. The number of nitrogens with zero attached hydrogens (tertiary/aromatic N) is 4. The molecule has 1 N–H and O–H groups in total. The van der Waals surface area contributed by atoms with Gasteiger partial charge in [-0.2, -0.15) is 0 Å². The summed E-state index contributed by atoms with van der Waals surface area (Å²) in [6, 6.07) is 12.8. The summed E-state index contributed by atoms with van der Waals surface area (Å²) in [5, 5.41) is 21.8. The Bertz CT molecular complexity index is 1310. The highest BCUT2D eigenvalue weighted by molar-refractivity contribution is 5.85. The van der Waals surface area contributed by atoms with Crippen molar-refractivity contribution in [3.05, 3.63) is 90.6 Å². The maximum atomic E-state index is 13.0. The van der Waals surface area contributed by atoms with Gasteiger partial charge in [0.1, 0.15) is 11.3 Å². The molecule has 0 bridgehead atoms. The van der Waals surface area contributed by atoms with Crippen molar-refractivity contribution in [1.29, 1.82) is 0 Å². The smallest absolute Gasteiger partial charge is 0.334 e. The lowest BCUT2D eigenvalue weighted by molar-refractivity contribution is -0.384. The van der Waals surface area contributed by atoms with E-state index in [4.69, 9.17) is 4.74 Å². The van der Waals surface area contributed by atoms with Crippen molar-refractivity contribution in [3.8, 4) is 11.6 Å². The van der Waals surface area contributed by atoms with Crippen LogP contribution in [0.2, 0.25) is 0 Å². The van der Waals surface area contributed by atoms with Crippen LogP contribution >= 0.6 is 0 Å². The molecule has 172 valence electrons. The Hall–Kier alpha value is -4.21. The molecule has 3 rings (SSSR count). The van der Waals surface area contributed by atoms with Crippen molar-refractivity contribution in [2.45, 2.75) is 32.9 Å². The van der Waals surface area contributed by atoms with E-state index in [0.717, 1.165) is 20.9 Å². The summed E-state index contributed by atoms with van der Waals surface area (Å²) in [5.41, 5.74) is -0.458. The number of ether oxygens (including phenoxy) is 1. The molecular weight excluding hydrogens is 428 g/mol. The standard InChI is InChI=1S/C23H24N4O6/c1-15(2)26-22(29)18(14-24-19-10-9-17(27(31)32)13-20(19)33-3)21(28)25(23(26)30)12-11-16-7-5-4-6-8-16/h4-10,13-15,28H,11-12H2,1-3H3. The average molecular weight is 452 g/mol. The fourth-order valence-electron chi connectivity index (χ4n) is 3.35. The van der Waals surface area contributed by atoms with Gasteiger partial charge in [-0.3, -0.25) is 29.0 Å². The molecule has 1 aromatic heterocycles. The maximum absolute atomic E-state index is 13.0. The third-order valence-corrected chi connectivity index (χ3v) is 5.07. The molecule has 0 unspecified atom stereocenters. The summed E-state index contributed by atoms with van der Waals surface area (Å²) >= 11 is 0. The molecule has 0 saturated heterocycles. The maximum Gasteiger partial charge on any atom is 0.334 e. The Morgan fingerprint density at radius 3 is 2.48 bits per heavy atom. The summed E-state index contributed by atoms with van der Waals surface area (Å²) in [4.78, 5) is 40.5. The van der Waals surface area contributed by atoms with Gasteiger partial charge in [-0.05, 0) is 31.9 Å². The summed E-state index contributed by atoms with van der Waals surface area (Å²) in [5.74, 6) is -0.371. The van der Waals surface area contributed by atoms with Crippen LogP contribution in [-0.2, 0) is 13.0 Å². The number of hydrogen-bond donors (Lipinski definition) is 1. The Morgan fingerprint density at radius 2 is 1.88 bits per heavy atom. The largest absolute Gasteiger partial charge is 0.494 e. The van der Waals surface area contributed by atoms with Crippen molar-refractivity contribution in [2.24, 2.45) is 4.99 Å². The van der Waals surface area contributed by atoms with Crippen LogP contribution in [0.5, 0.6) is 11.6 Å². The quantitative estimate of drug-likeness (QED) is 0.317. The molecule has 0 fully saturated rings. The predicted octanol–water partition coefficient (Wildman–Crippen LogP) is 3.21. The zero-order valence-corrected chi connectivity index (χ0v) is 18.5. The van der Waals surface area contributed by atoms with E-state index in [1.54, 1.807) is 13.8 Å². The Kier molecular flexibility index (Phi) is 7.07. The van der Waals surface area contributed by atoms with E-state index >= 15 is 0 Å². The van der Waals surface area contributed by atoms with Crippen LogP contribution in [0.15, 0.2) is 63.1 Å². The van der Waals surface area contributed by atoms with Crippen molar-refractivity contribution in [2.75, 3.05) is 7.11 Å². The van der Waals surface area contributed by atoms with Gasteiger partial charge < -0.3 is 9.84 Å². The molecular formula is C23H24N4O6. The molecule has 2 aromatic carbocycles. The fourth-order valence-corrected chi connectivity index (χ4v) is 3.35. The molecule has 33 heavy (non-hydrogen) atoms. The van der Waals surface area contributed by atoms with Gasteiger partial charge in [0, 0.05) is 24.9 Å². The van der Waals surface area contributed by atoms with Gasteiger partial charge in [-0.25, -0.2) is 4.79 Å². The van der Waals surface area contributed by atoms with E-state index in [1.807, 2.05) is 30.3 Å². The van der Waals surface area contributed by atoms with Gasteiger partial charge in [-0.15, -0.1) is 0 Å². The second-order valence-corrected chi connectivity index (χ2v) is 7.55. The van der Waals surface area contributed by atoms with Crippen LogP contribution < -0.4 is 16.0 Å². The van der Waals surface area contributed by atoms with Crippen LogP contribution in [0, 0.1) is 10.1 Å². The minimum atomic E-state index is -0.687. The number of nitro groups is 1. The summed E-state index contributed by atoms with van der Waals surface area (Å²) in [7, 11) is 1.34. The fraction of sp³-hybridized carbons (Fsp3) is 0.261. The summed E-state index contributed by atoms with van der Waals surface area (Å²) < 4.78 is 7.35. The van der Waals surface area contributed by atoms with Crippen molar-refractivity contribution in [1.82, 2.24) is 9.13 Å². The zero-order valence-electron chi connectivity index (χ0n) is 18.5. The third kappa shape index (κ3) is 5.00. The van der Waals surface area contributed by atoms with Gasteiger partial charge in [0.2, 0.25) is 5.88 Å². The highest BCUT2D eigenvalue weighted by Gasteiger charge is 2.19. The van der Waals surface area contributed by atoms with Crippen molar-refractivity contribution < 1.29 is 14.8 Å². The number of methoxy groups -OCH3 is 1. The lowest BCUT2D eigenvalue weighted by Crippen LogP contribution is -2.42. The first-order valence-corrected chi connectivity index (χ1v) is 10.2. The number of non-ortho nitro benzene ring substituents is 1. The normalized spacial score (nSPS) is 11.3. The first-order chi connectivity index (χ1) is 15.7. The Balaban J connectivity index is 2.08. The SMILES string of the molecule is COc1cc([N+](=O)[O-])ccc1N=Cc1c(O)n(CCc2ccccc2)c(=O)n(C(C)C)c1=O. The van der Waals surface area contributed by atoms with Crippen LogP contribution in [0.25, 0.3) is 0 Å². The number of nitro benzene ring substituents is 1. The zero-order chi connectivity index (χ0) is 24.1. The topological polar surface area (TPSA) is 129 Å². The van der Waals surface area contributed by atoms with Gasteiger partial charge >= 0.3 is 5.69 Å². The number of aromatic hydroxyl groups is 1. The first-order valence-electron chi connectivity index (χ1n) is 10.2. The van der Waals surface area contributed by atoms with Gasteiger partial charge in [0.05, 0.1) is 18.1 Å². The molecule has 0 amide bonds. The van der Waals surface area contributed by atoms with Gasteiger partial charge in [-0.1, -0.05) is 30.3 Å². The van der Waals surface area contributed by atoms with Crippen molar-refractivity contribution >= 4 is 17.6 Å². The van der Waals surface area contributed by atoms with E-state index in [0.29, 0.717) is 6.42 Å². The number of aryl methyl sites for hydroxylation is 1. The third-order valence-electron chi connectivity index (χ3n) is 5.07. The lowest BCUT2D eigenvalue weighted by Gasteiger charge is -2.16. The molecule has 1 heterocycles. The average Bonchev–Trinajstić information content (AvgIpc) is 2.79. The second kappa shape index (κ2) is 9.94. The molecule has 10 heteroatoms. The molecule has 0 aliphatic rings. The number of aliphatic imine (C=N–C) groups is 1. The van der Waals surface area contributed by atoms with E-state index in [1.165, 1.54) is 25.3 Å². The van der Waals surface area contributed by atoms with E-state index in [2.05, 4.69) is 4.99 Å². The number of aromatic nitrogens is 2. The molecule has 0 aliphatic heterocycles. The molecule has 0 atom stereocenters. The van der Waals surface area contributed by atoms with Gasteiger partial charge in [0.25, 0.3) is 11.2 Å². The Morgan fingerprint density at radius 1 is 1.18 bits per heavy atom. The number of benzene rings is 2. The van der Waals surface area contributed by atoms with Crippen molar-refractivity contribution in [3.63, 3.8) is 0 Å². The molecule has 3 aromatic rings. The minimum Gasteiger partial charge on any atom is -0.494 e. The highest BCUT2D eigenvalue weighted by Crippen LogP contribution is 2.31. The predicted molar refractivity (Wildman–Crippen MR) is 124 cm³/mol.